The molecule has 90 valence electrons. The summed E-state index contributed by atoms with van der Waals surface area (Å²) in [6, 6.07) is 9.69. The molecule has 0 atom stereocenters. The number of hydrazine groups is 1. The van der Waals surface area contributed by atoms with Crippen LogP contribution in [0.3, 0.4) is 0 Å². The maximum Gasteiger partial charge on any atom is 0.284 e. The van der Waals surface area contributed by atoms with Crippen LogP contribution in [0, 0.1) is 0 Å². The molecule has 0 spiro atoms. The lowest BCUT2D eigenvalue weighted by molar-refractivity contribution is 0.0949. The number of amides is 1. The largest absolute Gasteiger partial charge is 0.289 e. The standard InChI is InChI=1S/C10H9N3OS.C2H6/c11-13-9(14)8-6-15-10(12-8)7-4-2-1-3-5-7;1-2/h1-6H,11H2,(H,13,14);1-2H3. The first-order chi connectivity index (χ1) is 8.31. The maximum absolute atomic E-state index is 11.2. The molecule has 1 amide bonds. The Morgan fingerprint density at radius 1 is 1.29 bits per heavy atom. The van der Waals surface area contributed by atoms with E-state index in [4.69, 9.17) is 5.84 Å². The number of carbonyl (C=O) groups is 1. The Balaban J connectivity index is 0.000000686. The second-order valence-electron chi connectivity index (χ2n) is 2.88. The summed E-state index contributed by atoms with van der Waals surface area (Å²) in [5, 5.41) is 2.50. The van der Waals surface area contributed by atoms with Crippen LogP contribution in [0.4, 0.5) is 0 Å². The van der Waals surface area contributed by atoms with E-state index in [0.717, 1.165) is 10.6 Å². The maximum atomic E-state index is 11.2. The van der Waals surface area contributed by atoms with Crippen molar-refractivity contribution in [3.8, 4) is 10.6 Å². The van der Waals surface area contributed by atoms with Crippen molar-refractivity contribution in [1.29, 1.82) is 0 Å². The van der Waals surface area contributed by atoms with Gasteiger partial charge in [-0.05, 0) is 0 Å². The van der Waals surface area contributed by atoms with Gasteiger partial charge in [0.05, 0.1) is 0 Å². The number of rotatable bonds is 2. The molecule has 3 N–H and O–H groups in total. The van der Waals surface area contributed by atoms with Crippen molar-refractivity contribution < 1.29 is 4.79 Å². The van der Waals surface area contributed by atoms with E-state index >= 15 is 0 Å². The molecule has 0 aliphatic carbocycles. The molecule has 0 unspecified atom stereocenters. The van der Waals surface area contributed by atoms with Crippen LogP contribution in [0.15, 0.2) is 35.7 Å². The van der Waals surface area contributed by atoms with Gasteiger partial charge in [0.15, 0.2) is 0 Å². The molecule has 5 heteroatoms. The topological polar surface area (TPSA) is 68.0 Å². The quantitative estimate of drug-likeness (QED) is 0.488. The van der Waals surface area contributed by atoms with Gasteiger partial charge >= 0.3 is 0 Å². The summed E-state index contributed by atoms with van der Waals surface area (Å²) >= 11 is 1.42. The molecule has 2 rings (SSSR count). The fourth-order valence-electron chi connectivity index (χ4n) is 1.17. The Bertz CT molecular complexity index is 468. The summed E-state index contributed by atoms with van der Waals surface area (Å²) in [6.45, 7) is 4.00. The van der Waals surface area contributed by atoms with Crippen LogP contribution in [0.1, 0.15) is 24.3 Å². The van der Waals surface area contributed by atoms with Gasteiger partial charge in [0.1, 0.15) is 10.7 Å². The molecule has 0 saturated heterocycles. The molecular formula is C12H15N3OS. The number of thiazole rings is 1. The molecular weight excluding hydrogens is 234 g/mol. The summed E-state index contributed by atoms with van der Waals surface area (Å²) in [5.74, 6) is 4.65. The lowest BCUT2D eigenvalue weighted by Gasteiger charge is -1.94. The number of nitrogens with one attached hydrogen (secondary N) is 1. The molecule has 17 heavy (non-hydrogen) atoms. The normalized spacial score (nSPS) is 9.12. The van der Waals surface area contributed by atoms with E-state index in [0.29, 0.717) is 5.69 Å². The van der Waals surface area contributed by atoms with Gasteiger partial charge in [0, 0.05) is 10.9 Å². The van der Waals surface area contributed by atoms with Gasteiger partial charge in [-0.25, -0.2) is 10.8 Å². The first-order valence-corrected chi connectivity index (χ1v) is 6.21. The molecule has 2 aromatic rings. The molecule has 4 nitrogen and oxygen atoms in total. The van der Waals surface area contributed by atoms with Gasteiger partial charge in [-0.2, -0.15) is 0 Å². The van der Waals surface area contributed by atoms with Crippen LogP contribution in [0.2, 0.25) is 0 Å². The third kappa shape index (κ3) is 3.37. The average molecular weight is 249 g/mol. The second-order valence-corrected chi connectivity index (χ2v) is 3.74. The molecule has 0 fully saturated rings. The molecule has 1 aromatic heterocycles. The highest BCUT2D eigenvalue weighted by Crippen LogP contribution is 2.22. The summed E-state index contributed by atoms with van der Waals surface area (Å²) in [5.41, 5.74) is 3.40. The van der Waals surface area contributed by atoms with E-state index in [1.165, 1.54) is 11.3 Å². The Morgan fingerprint density at radius 2 is 1.94 bits per heavy atom. The number of carbonyl (C=O) groups excluding carboxylic acids is 1. The zero-order chi connectivity index (χ0) is 12.7. The molecule has 1 heterocycles. The van der Waals surface area contributed by atoms with Crippen molar-refractivity contribution in [2.45, 2.75) is 13.8 Å². The van der Waals surface area contributed by atoms with Gasteiger partial charge in [-0.1, -0.05) is 44.2 Å². The van der Waals surface area contributed by atoms with Crippen molar-refractivity contribution in [1.82, 2.24) is 10.4 Å². The van der Waals surface area contributed by atoms with Gasteiger partial charge in [-0.3, -0.25) is 10.2 Å². The van der Waals surface area contributed by atoms with Crippen molar-refractivity contribution >= 4 is 17.2 Å². The number of aromatic nitrogens is 1. The Hall–Kier alpha value is -1.72. The van der Waals surface area contributed by atoms with E-state index in [1.807, 2.05) is 44.2 Å². The first-order valence-electron chi connectivity index (χ1n) is 5.33. The van der Waals surface area contributed by atoms with Gasteiger partial charge in [0.2, 0.25) is 0 Å². The lowest BCUT2D eigenvalue weighted by atomic mass is 10.2. The highest BCUT2D eigenvalue weighted by molar-refractivity contribution is 7.13. The van der Waals surface area contributed by atoms with Crippen LogP contribution in [0.25, 0.3) is 10.6 Å². The third-order valence-electron chi connectivity index (χ3n) is 1.89. The van der Waals surface area contributed by atoms with E-state index in [2.05, 4.69) is 10.4 Å². The van der Waals surface area contributed by atoms with E-state index in [1.54, 1.807) is 5.38 Å². The molecule has 1 aromatic carbocycles. The van der Waals surface area contributed by atoms with Gasteiger partial charge in [-0.15, -0.1) is 11.3 Å². The number of nitrogen functional groups attached to an aromatic ring is 1. The fraction of sp³-hybridized carbons (Fsp3) is 0.167. The average Bonchev–Trinajstić information content (AvgIpc) is 2.91. The van der Waals surface area contributed by atoms with Crippen LogP contribution < -0.4 is 11.3 Å². The Kier molecular flexibility index (Phi) is 5.32. The minimum absolute atomic E-state index is 0.348. The second kappa shape index (κ2) is 6.78. The zero-order valence-electron chi connectivity index (χ0n) is 9.81. The third-order valence-corrected chi connectivity index (χ3v) is 2.78. The number of hydrogen-bond donors (Lipinski definition) is 2. The molecule has 0 saturated carbocycles. The summed E-state index contributed by atoms with van der Waals surface area (Å²) in [7, 11) is 0. The van der Waals surface area contributed by atoms with Crippen molar-refractivity contribution in [2.24, 2.45) is 5.84 Å². The molecule has 0 aliphatic rings. The number of hydrogen-bond acceptors (Lipinski definition) is 4. The highest BCUT2D eigenvalue weighted by Gasteiger charge is 2.09. The molecule has 0 radical (unpaired) electrons. The predicted molar refractivity (Wildman–Crippen MR) is 70.6 cm³/mol. The van der Waals surface area contributed by atoms with E-state index < -0.39 is 0 Å². The minimum Gasteiger partial charge on any atom is -0.289 e. The highest BCUT2D eigenvalue weighted by atomic mass is 32.1. The summed E-state index contributed by atoms with van der Waals surface area (Å²) in [6.07, 6.45) is 0. The lowest BCUT2D eigenvalue weighted by Crippen LogP contribution is -2.30. The number of nitrogens with zero attached hydrogens (tertiary/aromatic N) is 1. The predicted octanol–water partition coefficient (Wildman–Crippen LogP) is 2.44. The van der Waals surface area contributed by atoms with Crippen LogP contribution in [-0.4, -0.2) is 10.9 Å². The first kappa shape index (κ1) is 13.3. The van der Waals surface area contributed by atoms with E-state index in [9.17, 15) is 4.79 Å². The Morgan fingerprint density at radius 3 is 2.53 bits per heavy atom. The number of benzene rings is 1. The minimum atomic E-state index is -0.367. The SMILES string of the molecule is CC.NNC(=O)c1csc(-c2ccccc2)n1. The van der Waals surface area contributed by atoms with Crippen LogP contribution in [-0.2, 0) is 0 Å². The molecule has 0 aliphatic heterocycles. The molecule has 0 bridgehead atoms. The van der Waals surface area contributed by atoms with Gasteiger partial charge < -0.3 is 0 Å². The Labute approximate surface area is 104 Å². The van der Waals surface area contributed by atoms with Crippen LogP contribution in [0.5, 0.6) is 0 Å². The smallest absolute Gasteiger partial charge is 0.284 e. The fourth-order valence-corrected chi connectivity index (χ4v) is 1.97. The van der Waals surface area contributed by atoms with Crippen molar-refractivity contribution in [2.75, 3.05) is 0 Å². The van der Waals surface area contributed by atoms with Crippen molar-refractivity contribution in [3.05, 3.63) is 41.4 Å². The van der Waals surface area contributed by atoms with Crippen molar-refractivity contribution in [3.63, 3.8) is 0 Å². The number of nitrogens with two attached hydrogens (primary N) is 1. The zero-order valence-corrected chi connectivity index (χ0v) is 10.6. The monoisotopic (exact) mass is 249 g/mol. The van der Waals surface area contributed by atoms with Crippen LogP contribution >= 0.6 is 11.3 Å². The summed E-state index contributed by atoms with van der Waals surface area (Å²) in [4.78, 5) is 15.3. The van der Waals surface area contributed by atoms with E-state index in [-0.39, 0.29) is 5.91 Å². The summed E-state index contributed by atoms with van der Waals surface area (Å²) < 4.78 is 0. The van der Waals surface area contributed by atoms with Gasteiger partial charge in [0.25, 0.3) is 5.91 Å².